The van der Waals surface area contributed by atoms with Gasteiger partial charge in [0.15, 0.2) is 23.5 Å². The predicted molar refractivity (Wildman–Crippen MR) is 138 cm³/mol. The maximum Gasteiger partial charge on any atom is 0.259 e. The Kier molecular flexibility index (Phi) is 7.35. The fraction of sp³-hybridized carbons (Fsp3) is 0.111. The van der Waals surface area contributed by atoms with Gasteiger partial charge in [-0.1, -0.05) is 17.9 Å². The quantitative estimate of drug-likeness (QED) is 0.257. The first-order valence-electron chi connectivity index (χ1n) is 11.0. The number of nitrogens with one attached hydrogen (secondary N) is 1. The minimum Gasteiger partial charge on any atom is -0.493 e. The Morgan fingerprint density at radius 2 is 1.97 bits per heavy atom. The van der Waals surface area contributed by atoms with E-state index >= 15 is 0 Å². The summed E-state index contributed by atoms with van der Waals surface area (Å²) in [5, 5.41) is 2.74. The van der Waals surface area contributed by atoms with Crippen molar-refractivity contribution in [3.63, 3.8) is 0 Å². The number of ether oxygens (including phenoxy) is 2. The van der Waals surface area contributed by atoms with Crippen molar-refractivity contribution in [1.29, 1.82) is 0 Å². The molecule has 0 atom stereocenters. The highest BCUT2D eigenvalue weighted by molar-refractivity contribution is 6.08. The Hall–Kier alpha value is -5.30. The summed E-state index contributed by atoms with van der Waals surface area (Å²) >= 11 is 0. The molecule has 10 heteroatoms. The summed E-state index contributed by atoms with van der Waals surface area (Å²) in [5.74, 6) is 7.09. The van der Waals surface area contributed by atoms with E-state index in [1.807, 2.05) is 12.1 Å². The zero-order valence-electron chi connectivity index (χ0n) is 20.1. The van der Waals surface area contributed by atoms with Gasteiger partial charge in [-0.3, -0.25) is 9.59 Å². The lowest BCUT2D eigenvalue weighted by molar-refractivity contribution is 0.101. The van der Waals surface area contributed by atoms with Crippen LogP contribution in [0.3, 0.4) is 0 Å². The van der Waals surface area contributed by atoms with Crippen LogP contribution in [0.25, 0.3) is 0 Å². The number of aromatic nitrogens is 2. The van der Waals surface area contributed by atoms with Crippen molar-refractivity contribution < 1.29 is 23.5 Å². The van der Waals surface area contributed by atoms with E-state index in [2.05, 4.69) is 27.1 Å². The van der Waals surface area contributed by atoms with E-state index in [1.54, 1.807) is 37.6 Å². The molecule has 0 radical (unpaired) electrons. The Morgan fingerprint density at radius 1 is 1.14 bits per heavy atom. The molecule has 0 saturated carbocycles. The lowest BCUT2D eigenvalue weighted by Gasteiger charge is -2.13. The first-order valence-corrected chi connectivity index (χ1v) is 11.0. The molecule has 0 spiro atoms. The van der Waals surface area contributed by atoms with Gasteiger partial charge in [0, 0.05) is 29.4 Å². The Balaban J connectivity index is 1.62. The predicted octanol–water partition coefficient (Wildman–Crippen LogP) is 3.31. The average molecular weight is 498 g/mol. The minimum atomic E-state index is -0.467. The SMILES string of the molecule is COc1cc(Cc2cnc(N)nc2N)cc(C#Cc2cccc(NC(=O)c3ccoc3C=O)c2)c1OC. The lowest BCUT2D eigenvalue weighted by Crippen LogP contribution is -2.12. The number of nitrogen functional groups attached to an aromatic ring is 2. The maximum atomic E-state index is 12.5. The summed E-state index contributed by atoms with van der Waals surface area (Å²) in [6.45, 7) is 0. The van der Waals surface area contributed by atoms with Gasteiger partial charge in [0.2, 0.25) is 5.95 Å². The monoisotopic (exact) mass is 497 g/mol. The van der Waals surface area contributed by atoms with Crippen LogP contribution in [-0.2, 0) is 6.42 Å². The highest BCUT2D eigenvalue weighted by Gasteiger charge is 2.15. The summed E-state index contributed by atoms with van der Waals surface area (Å²) < 4.78 is 16.1. The molecule has 0 saturated heterocycles. The molecule has 2 aromatic heterocycles. The van der Waals surface area contributed by atoms with Crippen LogP contribution in [0.2, 0.25) is 0 Å². The molecule has 0 aliphatic heterocycles. The molecule has 2 heterocycles. The maximum absolute atomic E-state index is 12.5. The van der Waals surface area contributed by atoms with Crippen LogP contribution in [0, 0.1) is 11.8 Å². The van der Waals surface area contributed by atoms with Crippen molar-refractivity contribution in [2.24, 2.45) is 0 Å². The fourth-order valence-corrected chi connectivity index (χ4v) is 3.62. The zero-order chi connectivity index (χ0) is 26.4. The number of methoxy groups -OCH3 is 2. The van der Waals surface area contributed by atoms with Crippen LogP contribution in [-0.4, -0.2) is 36.4 Å². The summed E-state index contributed by atoms with van der Waals surface area (Å²) in [7, 11) is 3.08. The van der Waals surface area contributed by atoms with Gasteiger partial charge in [0.25, 0.3) is 5.91 Å². The van der Waals surface area contributed by atoms with Gasteiger partial charge in [-0.2, -0.15) is 4.98 Å². The summed E-state index contributed by atoms with van der Waals surface area (Å²) in [5.41, 5.74) is 15.0. The molecule has 0 unspecified atom stereocenters. The number of amides is 1. The van der Waals surface area contributed by atoms with Crippen molar-refractivity contribution >= 4 is 29.6 Å². The zero-order valence-corrected chi connectivity index (χ0v) is 20.1. The van der Waals surface area contributed by atoms with Crippen molar-refractivity contribution in [3.05, 3.63) is 88.5 Å². The molecule has 0 aliphatic rings. The molecular formula is C27H23N5O5. The number of carbonyl (C=O) groups is 2. The third-order valence-electron chi connectivity index (χ3n) is 5.36. The van der Waals surface area contributed by atoms with E-state index in [0.29, 0.717) is 52.4 Å². The molecule has 37 heavy (non-hydrogen) atoms. The number of rotatable bonds is 7. The van der Waals surface area contributed by atoms with Crippen LogP contribution in [0.15, 0.2) is 59.3 Å². The Bertz CT molecular complexity index is 1530. The van der Waals surface area contributed by atoms with Crippen LogP contribution < -0.4 is 26.3 Å². The molecule has 0 bridgehead atoms. The molecule has 0 fully saturated rings. The topological polar surface area (TPSA) is 156 Å². The molecule has 4 aromatic rings. The fourth-order valence-electron chi connectivity index (χ4n) is 3.62. The number of hydrogen-bond acceptors (Lipinski definition) is 9. The lowest BCUT2D eigenvalue weighted by atomic mass is 10.0. The third kappa shape index (κ3) is 5.68. The molecule has 10 nitrogen and oxygen atoms in total. The Morgan fingerprint density at radius 3 is 2.70 bits per heavy atom. The molecule has 2 aromatic carbocycles. The molecule has 0 aliphatic carbocycles. The largest absolute Gasteiger partial charge is 0.493 e. The Labute approximate surface area is 212 Å². The number of hydrogen-bond donors (Lipinski definition) is 3. The molecule has 5 N–H and O–H groups in total. The van der Waals surface area contributed by atoms with Crippen LogP contribution >= 0.6 is 0 Å². The van der Waals surface area contributed by atoms with Gasteiger partial charge in [-0.15, -0.1) is 0 Å². The second-order valence-corrected chi connectivity index (χ2v) is 7.80. The van der Waals surface area contributed by atoms with Crippen LogP contribution in [0.4, 0.5) is 17.5 Å². The third-order valence-corrected chi connectivity index (χ3v) is 5.36. The van der Waals surface area contributed by atoms with Crippen LogP contribution in [0.1, 0.15) is 43.2 Å². The van der Waals surface area contributed by atoms with Crippen molar-refractivity contribution in [2.75, 3.05) is 31.0 Å². The number of anilines is 3. The van der Waals surface area contributed by atoms with E-state index in [4.69, 9.17) is 25.4 Å². The highest BCUT2D eigenvalue weighted by atomic mass is 16.5. The first-order chi connectivity index (χ1) is 17.9. The van der Waals surface area contributed by atoms with Crippen molar-refractivity contribution in [2.45, 2.75) is 6.42 Å². The van der Waals surface area contributed by atoms with E-state index in [0.717, 1.165) is 5.56 Å². The summed E-state index contributed by atoms with van der Waals surface area (Å²) in [4.78, 5) is 31.6. The number of nitrogens with zero attached hydrogens (tertiary/aromatic N) is 2. The average Bonchev–Trinajstić information content (AvgIpc) is 3.38. The second kappa shape index (κ2) is 11.0. The smallest absolute Gasteiger partial charge is 0.259 e. The van der Waals surface area contributed by atoms with Gasteiger partial charge in [0.05, 0.1) is 31.6 Å². The minimum absolute atomic E-state index is 0.0401. The van der Waals surface area contributed by atoms with Crippen molar-refractivity contribution in [1.82, 2.24) is 9.97 Å². The number of benzene rings is 2. The van der Waals surface area contributed by atoms with Gasteiger partial charge >= 0.3 is 0 Å². The molecular weight excluding hydrogens is 474 g/mol. The number of furan rings is 1. The van der Waals surface area contributed by atoms with Gasteiger partial charge < -0.3 is 30.7 Å². The second-order valence-electron chi connectivity index (χ2n) is 7.80. The molecule has 4 rings (SSSR count). The molecule has 1 amide bonds. The first kappa shape index (κ1) is 24.8. The summed E-state index contributed by atoms with van der Waals surface area (Å²) in [6, 6.07) is 12.1. The highest BCUT2D eigenvalue weighted by Crippen LogP contribution is 2.33. The number of nitrogens with two attached hydrogens (primary N) is 2. The van der Waals surface area contributed by atoms with E-state index in [-0.39, 0.29) is 17.3 Å². The standard InChI is InChI=1S/C27H23N5O5/c1-35-22-13-17(11-19-14-30-27(29)32-25(19)28)10-18(24(22)36-2)7-6-16-4-3-5-20(12-16)31-26(34)21-8-9-37-23(21)15-33/h3-5,8-10,12-15H,11H2,1-2H3,(H,31,34)(H4,28,29,30,32). The summed E-state index contributed by atoms with van der Waals surface area (Å²) in [6.07, 6.45) is 3.78. The van der Waals surface area contributed by atoms with E-state index in [9.17, 15) is 9.59 Å². The van der Waals surface area contributed by atoms with Gasteiger partial charge in [-0.25, -0.2) is 4.98 Å². The van der Waals surface area contributed by atoms with Gasteiger partial charge in [0.1, 0.15) is 5.82 Å². The number of carbonyl (C=O) groups excluding carboxylic acids is 2. The normalized spacial score (nSPS) is 10.2. The van der Waals surface area contributed by atoms with Gasteiger partial charge in [-0.05, 0) is 42.0 Å². The van der Waals surface area contributed by atoms with Crippen molar-refractivity contribution in [3.8, 4) is 23.3 Å². The number of aldehydes is 1. The van der Waals surface area contributed by atoms with E-state index in [1.165, 1.54) is 19.4 Å². The molecule has 186 valence electrons. The van der Waals surface area contributed by atoms with Crippen LogP contribution in [0.5, 0.6) is 11.5 Å². The van der Waals surface area contributed by atoms with E-state index < -0.39 is 5.91 Å².